The van der Waals surface area contributed by atoms with Crippen molar-refractivity contribution < 1.29 is 51.3 Å². The number of allylic oxidation sites excluding steroid dienone is 1. The molecule has 4 N–H and O–H groups in total. The van der Waals surface area contributed by atoms with Crippen molar-refractivity contribution in [3.05, 3.63) is 42.4 Å². The van der Waals surface area contributed by atoms with Gasteiger partial charge >= 0.3 is 6.09 Å². The van der Waals surface area contributed by atoms with E-state index in [4.69, 9.17) is 14.2 Å². The number of carboxylic acid groups (broad SMARTS) is 1. The number of carbonyl (C=O) groups excluding carboxylic acids is 3. The molecule has 17 heteroatoms. The fourth-order valence-corrected chi connectivity index (χ4v) is 8.29. The number of rotatable bonds is 8. The zero-order valence-corrected chi connectivity index (χ0v) is 30.2. The maximum atomic E-state index is 14.8. The van der Waals surface area contributed by atoms with Gasteiger partial charge in [0.2, 0.25) is 27.7 Å². The molecule has 3 heterocycles. The maximum Gasteiger partial charge on any atom is 0.405 e. The van der Waals surface area contributed by atoms with Crippen LogP contribution in [0.3, 0.4) is 0 Å². The van der Waals surface area contributed by atoms with Crippen LogP contribution in [0.2, 0.25) is 0 Å². The second-order valence-corrected chi connectivity index (χ2v) is 16.5. The van der Waals surface area contributed by atoms with E-state index >= 15 is 0 Å². The fraction of sp³-hybridized carbons (Fsp3) is 0.571. The van der Waals surface area contributed by atoms with E-state index in [2.05, 4.69) is 20.3 Å². The number of hydrogen-bond donors (Lipinski definition) is 4. The van der Waals surface area contributed by atoms with Gasteiger partial charge in [-0.3, -0.25) is 19.1 Å². The van der Waals surface area contributed by atoms with Crippen molar-refractivity contribution in [3.8, 4) is 11.6 Å². The van der Waals surface area contributed by atoms with E-state index in [1.54, 1.807) is 6.92 Å². The van der Waals surface area contributed by atoms with Crippen molar-refractivity contribution in [2.75, 3.05) is 13.7 Å². The van der Waals surface area contributed by atoms with Gasteiger partial charge < -0.3 is 34.9 Å². The first-order valence-electron chi connectivity index (χ1n) is 17.4. The number of carbonyl (C=O) groups is 4. The van der Waals surface area contributed by atoms with Crippen molar-refractivity contribution in [2.24, 2.45) is 5.92 Å². The Labute approximate surface area is 300 Å². The largest absolute Gasteiger partial charge is 0.494 e. The Morgan fingerprint density at radius 2 is 1.96 bits per heavy atom. The third kappa shape index (κ3) is 7.24. The zero-order valence-electron chi connectivity index (χ0n) is 29.4. The number of sulfonamides is 1. The van der Waals surface area contributed by atoms with Gasteiger partial charge in [0.05, 0.1) is 36.1 Å². The Hall–Kier alpha value is -4.51. The highest BCUT2D eigenvalue weighted by molar-refractivity contribution is 7.91. The molecule has 282 valence electrons. The van der Waals surface area contributed by atoms with E-state index < -0.39 is 74.3 Å². The van der Waals surface area contributed by atoms with Gasteiger partial charge in [-0.25, -0.2) is 22.6 Å². The Balaban J connectivity index is 1.40. The number of halogens is 1. The molecular formula is C35H44FN5O10S. The van der Waals surface area contributed by atoms with Crippen molar-refractivity contribution in [2.45, 2.75) is 106 Å². The highest BCUT2D eigenvalue weighted by Crippen LogP contribution is 2.43. The molecule has 15 nitrogen and oxygen atoms in total. The number of hydrogen-bond acceptors (Lipinski definition) is 10. The lowest BCUT2D eigenvalue weighted by Crippen LogP contribution is -2.69. The van der Waals surface area contributed by atoms with Gasteiger partial charge in [-0.1, -0.05) is 19.1 Å². The molecule has 52 heavy (non-hydrogen) atoms. The average molecular weight is 746 g/mol. The number of pyridine rings is 1. The number of fused-ring (bicyclic) bond motifs is 3. The molecule has 6 rings (SSSR count). The second kappa shape index (κ2) is 14.1. The van der Waals surface area contributed by atoms with Gasteiger partial charge in [0.1, 0.15) is 29.8 Å². The minimum absolute atomic E-state index is 0.0155. The summed E-state index contributed by atoms with van der Waals surface area (Å²) in [6.07, 6.45) is 3.81. The molecule has 7 atom stereocenters. The predicted octanol–water partition coefficient (Wildman–Crippen LogP) is 2.77. The molecule has 0 bridgehead atoms. The van der Waals surface area contributed by atoms with Crippen LogP contribution in [0.15, 0.2) is 36.5 Å². The molecule has 2 aliphatic carbocycles. The maximum absolute atomic E-state index is 14.8. The van der Waals surface area contributed by atoms with Crippen LogP contribution in [0.4, 0.5) is 9.18 Å². The first-order valence-corrected chi connectivity index (χ1v) is 18.9. The number of nitrogens with one attached hydrogen (secondary N) is 3. The fourth-order valence-electron chi connectivity index (χ4n) is 6.99. The van der Waals surface area contributed by atoms with Gasteiger partial charge in [0.25, 0.3) is 5.91 Å². The van der Waals surface area contributed by atoms with Gasteiger partial charge in [0, 0.05) is 17.8 Å². The summed E-state index contributed by atoms with van der Waals surface area (Å²) in [7, 11) is -2.81. The summed E-state index contributed by atoms with van der Waals surface area (Å²) < 4.78 is 59.9. The molecule has 0 unspecified atom stereocenters. The predicted molar refractivity (Wildman–Crippen MR) is 184 cm³/mol. The second-order valence-electron chi connectivity index (χ2n) is 14.3. The van der Waals surface area contributed by atoms with Crippen LogP contribution in [0.5, 0.6) is 11.6 Å². The van der Waals surface area contributed by atoms with E-state index in [0.717, 1.165) is 4.90 Å². The third-order valence-electron chi connectivity index (χ3n) is 10.5. The first-order chi connectivity index (χ1) is 24.6. The summed E-state index contributed by atoms with van der Waals surface area (Å²) in [5.74, 6) is -2.82. The summed E-state index contributed by atoms with van der Waals surface area (Å²) in [6.45, 7) is 4.37. The minimum atomic E-state index is -4.25. The van der Waals surface area contributed by atoms with E-state index in [9.17, 15) is 37.1 Å². The van der Waals surface area contributed by atoms with Crippen molar-refractivity contribution in [1.29, 1.82) is 0 Å². The van der Waals surface area contributed by atoms with Crippen LogP contribution in [0, 0.1) is 11.7 Å². The lowest BCUT2D eigenvalue weighted by Gasteiger charge is -2.41. The molecule has 0 spiro atoms. The smallest absolute Gasteiger partial charge is 0.405 e. The molecule has 1 aromatic heterocycles. The topological polar surface area (TPSA) is 203 Å². The average Bonchev–Trinajstić information content (AvgIpc) is 3.99. The lowest BCUT2D eigenvalue weighted by molar-refractivity contribution is -0.169. The first kappa shape index (κ1) is 37.3. The Bertz CT molecular complexity index is 1910. The van der Waals surface area contributed by atoms with Crippen molar-refractivity contribution >= 4 is 44.6 Å². The van der Waals surface area contributed by atoms with E-state index in [1.165, 1.54) is 45.4 Å². The van der Waals surface area contributed by atoms with Crippen LogP contribution in [-0.2, 0) is 29.1 Å². The van der Waals surface area contributed by atoms with Crippen LogP contribution in [0.1, 0.15) is 65.7 Å². The Morgan fingerprint density at radius 3 is 2.63 bits per heavy atom. The summed E-state index contributed by atoms with van der Waals surface area (Å²) >= 11 is 0. The zero-order chi connectivity index (χ0) is 37.6. The number of methoxy groups -OCH3 is 1. The molecule has 1 aromatic carbocycles. The van der Waals surface area contributed by atoms with Crippen LogP contribution in [-0.4, -0.2) is 102 Å². The lowest BCUT2D eigenvalue weighted by atomic mass is 9.88. The summed E-state index contributed by atoms with van der Waals surface area (Å²) in [4.78, 5) is 60.8. The van der Waals surface area contributed by atoms with Crippen molar-refractivity contribution in [3.63, 3.8) is 0 Å². The summed E-state index contributed by atoms with van der Waals surface area (Å²) in [5, 5.41) is 16.0. The highest BCUT2D eigenvalue weighted by atomic mass is 32.2. The van der Waals surface area contributed by atoms with Gasteiger partial charge in [-0.15, -0.1) is 0 Å². The molecule has 0 radical (unpaired) electrons. The molecule has 1 saturated heterocycles. The molecule has 3 fully saturated rings. The normalized spacial score (nSPS) is 30.8. The number of nitrogens with zero attached hydrogens (tertiary/aromatic N) is 2. The van der Waals surface area contributed by atoms with Crippen LogP contribution in [0.25, 0.3) is 10.8 Å². The Kier molecular flexibility index (Phi) is 10.1. The van der Waals surface area contributed by atoms with Gasteiger partial charge in [0.15, 0.2) is 5.60 Å². The van der Waals surface area contributed by atoms with E-state index in [1.807, 2.05) is 12.2 Å². The van der Waals surface area contributed by atoms with Crippen LogP contribution < -0.4 is 24.8 Å². The van der Waals surface area contributed by atoms with Gasteiger partial charge in [-0.2, -0.15) is 0 Å². The van der Waals surface area contributed by atoms with Gasteiger partial charge in [-0.05, 0) is 76.5 Å². The molecule has 2 saturated carbocycles. The van der Waals surface area contributed by atoms with Crippen LogP contribution >= 0.6 is 0 Å². The van der Waals surface area contributed by atoms with Crippen molar-refractivity contribution in [1.82, 2.24) is 25.2 Å². The standard InChI is InChI=1S/C35H44FN5O10S/c1-5-35(32(44)40-52(47,48)34(3)12-13-34)28(39-33(45)46)31(43)41-18-22(50-30-24-15-21(36)10-11-23(24)27(49-4)17-37-30)16-26(41)29(42)38-25-14-20(25)9-7-6-8-19(2)51-35/h7,9-11,15,17,19-20,22,25-26,28,39H,5-6,8,12-14,16,18H2,1-4H3,(H,38,42)(H,40,44)(H,45,46)/b9-7-/t19-,20-,22-,25-,26+,28-,35+/m1/s1. The summed E-state index contributed by atoms with van der Waals surface area (Å²) in [6, 6.07) is 0.625. The SMILES string of the molecule is CC[C@]1(C(=O)NS(=O)(=O)C2(C)CC2)O[C@H](C)CC/C=C\[C@@H]2C[C@H]2NC(=O)[C@@H]2C[C@@H](Oc3ncc(OC)c4ccc(F)cc34)CN2C(=O)[C@H]1NC(=O)O. The molecular weight excluding hydrogens is 701 g/mol. The molecule has 2 aromatic rings. The number of amides is 4. The minimum Gasteiger partial charge on any atom is -0.494 e. The highest BCUT2D eigenvalue weighted by Gasteiger charge is 2.58. The molecule has 2 aliphatic heterocycles. The number of benzene rings is 1. The molecule has 4 aliphatic rings. The number of ether oxygens (including phenoxy) is 3. The van der Waals surface area contributed by atoms with E-state index in [-0.39, 0.29) is 42.6 Å². The quantitative estimate of drug-likeness (QED) is 0.290. The Morgan fingerprint density at radius 1 is 1.21 bits per heavy atom. The number of aromatic nitrogens is 1. The molecule has 4 amide bonds. The third-order valence-corrected chi connectivity index (χ3v) is 12.7. The summed E-state index contributed by atoms with van der Waals surface area (Å²) in [5.41, 5.74) is -2.36. The van der Waals surface area contributed by atoms with E-state index in [0.29, 0.717) is 43.2 Å². The monoisotopic (exact) mass is 745 g/mol.